The van der Waals surface area contributed by atoms with Gasteiger partial charge in [-0.3, -0.25) is 39.4 Å². The van der Waals surface area contributed by atoms with Gasteiger partial charge >= 0.3 is 6.15 Å². The SMILES string of the molecule is CC/C=C/c1ccc(C(c2ccsc2)n2[nH]c(=O)c(Sc3ccccc3Cl)c2[O-])cc1.NNC(=O)/C=C/c1ccc(C(c2ccsc2)n2[nH]c(=O)c(Sc3ccccc3Cl)c2[O-])cc1.O=C=O.[NH4+].[NH4+]. The van der Waals surface area contributed by atoms with Gasteiger partial charge in [0.2, 0.25) is 0 Å². The maximum absolute atomic E-state index is 13.3. The predicted molar refractivity (Wildman–Crippen MR) is 274 cm³/mol. The smallest absolute Gasteiger partial charge is 0.373 e. The zero-order valence-electron chi connectivity index (χ0n) is 37.1. The summed E-state index contributed by atoms with van der Waals surface area (Å²) in [5.74, 6) is 3.88. The van der Waals surface area contributed by atoms with E-state index in [-0.39, 0.29) is 34.1 Å². The standard InChI is InChI=1S/C24H21ClN2O2S2.C23H19ClN4O3S2.CO2.2H3N/c1-2-3-6-16-9-11-17(12-10-16)21(18-13-14-30-15-18)27-24(29)22(23(28)26-27)31-20-8-5-4-7-19(20)25;24-17-3-1-2-4-18(17)33-21-22(30)27-28(23(21)31)20(16-11-12-32-13-16)15-8-5-14(6-9-15)7-10-19(29)26-25;2-1-3;;/h3-15,21,29H,2H2,1H3,(H,26,28);1-13,20,31H,25H2,(H,26,29)(H,27,30);;2*1H3/b6-3+;10-7+;;;. The van der Waals surface area contributed by atoms with Gasteiger partial charge in [-0.05, 0) is 104 Å². The zero-order valence-corrected chi connectivity index (χ0v) is 41.9. The Hall–Kier alpha value is -6.61. The summed E-state index contributed by atoms with van der Waals surface area (Å²) in [7, 11) is 0. The lowest BCUT2D eigenvalue weighted by atomic mass is 10.00. The second-order valence-electron chi connectivity index (χ2n) is 13.9. The van der Waals surface area contributed by atoms with Gasteiger partial charge in [-0.15, -0.1) is 0 Å². The van der Waals surface area contributed by atoms with Crippen molar-refractivity contribution in [2.24, 2.45) is 5.84 Å². The number of hydrazine groups is 1. The first-order valence-electron chi connectivity index (χ1n) is 19.9. The van der Waals surface area contributed by atoms with E-state index in [0.717, 1.165) is 63.3 Å². The third kappa shape index (κ3) is 14.0. The summed E-state index contributed by atoms with van der Waals surface area (Å²) in [5, 5.41) is 40.8. The van der Waals surface area contributed by atoms with Gasteiger partial charge in [-0.2, -0.15) is 32.3 Å². The third-order valence-electron chi connectivity index (χ3n) is 9.63. The fourth-order valence-corrected chi connectivity index (χ4v) is 10.1. The normalized spacial score (nSPS) is 11.5. The fraction of sp³-hybridized carbons (Fsp3) is 0.0833. The largest absolute Gasteiger partial charge is 0.858 e. The number of hydrogen-bond donors (Lipinski definition) is 6. The van der Waals surface area contributed by atoms with E-state index in [9.17, 15) is 24.6 Å². The van der Waals surface area contributed by atoms with Crippen LogP contribution in [0, 0.1) is 0 Å². The van der Waals surface area contributed by atoms with Crippen molar-refractivity contribution in [2.75, 3.05) is 0 Å². The van der Waals surface area contributed by atoms with Crippen molar-refractivity contribution in [2.45, 2.75) is 45.0 Å². The summed E-state index contributed by atoms with van der Waals surface area (Å²) >= 11 is 17.6. The molecule has 69 heavy (non-hydrogen) atoms. The Kier molecular flexibility index (Phi) is 21.4. The van der Waals surface area contributed by atoms with Crippen LogP contribution < -0.4 is 44.9 Å². The van der Waals surface area contributed by atoms with Gasteiger partial charge in [-0.25, -0.2) is 5.84 Å². The Labute approximate surface area is 422 Å². The zero-order chi connectivity index (χ0) is 47.9. The number of halogens is 2. The second kappa shape index (κ2) is 26.8. The van der Waals surface area contributed by atoms with E-state index in [2.05, 4.69) is 29.3 Å². The van der Waals surface area contributed by atoms with Crippen molar-refractivity contribution < 1.29 is 24.6 Å². The highest BCUT2D eigenvalue weighted by atomic mass is 35.5. The van der Waals surface area contributed by atoms with Crippen LogP contribution in [-0.2, 0) is 14.4 Å². The maximum atomic E-state index is 13.3. The molecule has 358 valence electrons. The van der Waals surface area contributed by atoms with Crippen LogP contribution in [0.1, 0.15) is 58.8 Å². The number of aromatic nitrogens is 4. The van der Waals surface area contributed by atoms with Crippen molar-refractivity contribution in [3.8, 4) is 11.8 Å². The van der Waals surface area contributed by atoms with Crippen molar-refractivity contribution in [1.82, 2.24) is 37.3 Å². The van der Waals surface area contributed by atoms with E-state index in [0.29, 0.717) is 19.8 Å². The highest BCUT2D eigenvalue weighted by Gasteiger charge is 2.23. The highest BCUT2D eigenvalue weighted by Crippen LogP contribution is 2.40. The molecule has 21 heteroatoms. The van der Waals surface area contributed by atoms with Gasteiger partial charge in [0.05, 0.1) is 31.9 Å². The van der Waals surface area contributed by atoms with Crippen molar-refractivity contribution in [3.05, 3.63) is 207 Å². The number of nitrogens with two attached hydrogens (primary N) is 1. The molecule has 2 unspecified atom stereocenters. The topological polar surface area (TPSA) is 284 Å². The van der Waals surface area contributed by atoms with E-state index in [1.807, 2.05) is 99.7 Å². The molecule has 0 bridgehead atoms. The van der Waals surface area contributed by atoms with Crippen molar-refractivity contribution in [3.63, 3.8) is 0 Å². The molecule has 8 rings (SSSR count). The Balaban J connectivity index is 0.000000277. The van der Waals surface area contributed by atoms with E-state index in [1.165, 1.54) is 26.8 Å². The molecule has 0 aliphatic heterocycles. The van der Waals surface area contributed by atoms with Gasteiger partial charge in [0.25, 0.3) is 17.0 Å². The number of nitrogens with zero attached hydrogens (tertiary/aromatic N) is 2. The molecule has 0 saturated carbocycles. The number of amides is 1. The van der Waals surface area contributed by atoms with Gasteiger partial charge in [0.1, 0.15) is 0 Å². The molecule has 4 aromatic carbocycles. The highest BCUT2D eigenvalue weighted by molar-refractivity contribution is 7.99. The number of carbonyl (C=O) groups is 1. The Bertz CT molecular complexity index is 3110. The van der Waals surface area contributed by atoms with E-state index in [1.54, 1.807) is 53.8 Å². The molecule has 15 nitrogen and oxygen atoms in total. The van der Waals surface area contributed by atoms with Gasteiger partial charge in [-0.1, -0.05) is 139 Å². The molecule has 0 spiro atoms. The summed E-state index contributed by atoms with van der Waals surface area (Å²) in [6.45, 7) is 2.09. The summed E-state index contributed by atoms with van der Waals surface area (Å²) in [6.07, 6.45) is 8.33. The van der Waals surface area contributed by atoms with E-state index >= 15 is 0 Å². The van der Waals surface area contributed by atoms with Crippen LogP contribution >= 0.6 is 69.4 Å². The summed E-state index contributed by atoms with van der Waals surface area (Å²) in [6, 6.07) is 32.5. The molecule has 0 radical (unpaired) electrons. The van der Waals surface area contributed by atoms with Crippen LogP contribution in [0.3, 0.4) is 0 Å². The number of nitrogens with one attached hydrogen (secondary N) is 3. The van der Waals surface area contributed by atoms with Crippen LogP contribution in [0.15, 0.2) is 172 Å². The van der Waals surface area contributed by atoms with Crippen LogP contribution in [0.2, 0.25) is 10.0 Å². The quantitative estimate of drug-likeness (QED) is 0.0259. The number of aromatic amines is 2. The molecule has 13 N–H and O–H groups in total. The fourth-order valence-electron chi connectivity index (χ4n) is 6.55. The average molecular weight is 1050 g/mol. The summed E-state index contributed by atoms with van der Waals surface area (Å²) in [5.41, 5.74) is 6.54. The molecule has 2 atom stereocenters. The molecule has 0 fully saturated rings. The second-order valence-corrected chi connectivity index (χ2v) is 18.4. The van der Waals surface area contributed by atoms with Crippen molar-refractivity contribution >= 4 is 93.6 Å². The minimum absolute atomic E-state index is 0. The minimum atomic E-state index is -0.526. The molecular weight excluding hydrogens is 1000 g/mol. The first-order chi connectivity index (χ1) is 32.5. The lowest BCUT2D eigenvalue weighted by molar-refractivity contribution is -0.284. The lowest BCUT2D eigenvalue weighted by Gasteiger charge is -2.23. The molecule has 4 heterocycles. The van der Waals surface area contributed by atoms with Crippen molar-refractivity contribution in [1.29, 1.82) is 0 Å². The van der Waals surface area contributed by atoms with Gasteiger partial charge in [0.15, 0.2) is 0 Å². The number of carbonyl (C=O) groups excluding carboxylic acids is 3. The summed E-state index contributed by atoms with van der Waals surface area (Å²) in [4.78, 5) is 54.5. The van der Waals surface area contributed by atoms with Crippen LogP contribution in [-0.4, -0.2) is 31.6 Å². The van der Waals surface area contributed by atoms with Gasteiger partial charge < -0.3 is 22.5 Å². The number of quaternary nitrogens is 2. The van der Waals surface area contributed by atoms with Gasteiger partial charge in [0, 0.05) is 27.6 Å². The Morgan fingerprint density at radius 2 is 1.10 bits per heavy atom. The molecule has 0 aliphatic carbocycles. The number of rotatable bonds is 14. The lowest BCUT2D eigenvalue weighted by Crippen LogP contribution is -2.27. The third-order valence-corrected chi connectivity index (χ3v) is 14.2. The van der Waals surface area contributed by atoms with Crippen LogP contribution in [0.4, 0.5) is 0 Å². The van der Waals surface area contributed by atoms with Crippen LogP contribution in [0.25, 0.3) is 12.2 Å². The first kappa shape index (κ1) is 55.0. The number of hydrogen-bond acceptors (Lipinski definition) is 12. The van der Waals surface area contributed by atoms with Crippen LogP contribution in [0.5, 0.6) is 11.8 Å². The molecule has 0 saturated heterocycles. The maximum Gasteiger partial charge on any atom is 0.373 e. The molecular formula is C48H46Cl2N8O7S4. The number of thiophene rings is 2. The molecule has 4 aromatic heterocycles. The monoisotopic (exact) mass is 1040 g/mol. The first-order valence-corrected chi connectivity index (χ1v) is 24.2. The number of allylic oxidation sites excluding steroid dienone is 1. The van der Waals surface area contributed by atoms with E-state index in [4.69, 9.17) is 38.6 Å². The molecule has 1 amide bonds. The predicted octanol–water partition coefficient (Wildman–Crippen LogP) is 10.1. The average Bonchev–Trinajstić information content (AvgIpc) is 4.17. The number of benzene rings is 4. The summed E-state index contributed by atoms with van der Waals surface area (Å²) < 4.78 is 2.76. The number of H-pyrrole nitrogens is 2. The Morgan fingerprint density at radius 1 is 0.696 bits per heavy atom. The molecule has 0 aliphatic rings. The molecule has 8 aromatic rings. The Morgan fingerprint density at radius 3 is 1.46 bits per heavy atom. The van der Waals surface area contributed by atoms with E-state index < -0.39 is 35.0 Å². The minimum Gasteiger partial charge on any atom is -0.858 e.